The molecule has 0 radical (unpaired) electrons. The van der Waals surface area contributed by atoms with Gasteiger partial charge in [0.05, 0.1) is 32.0 Å². The van der Waals surface area contributed by atoms with Crippen LogP contribution >= 0.6 is 0 Å². The van der Waals surface area contributed by atoms with Gasteiger partial charge in [-0.1, -0.05) is 379 Å². The Labute approximate surface area is 590 Å². The molecule has 12 unspecified atom stereocenters. The molecular formula is C82H159NO13. The van der Waals surface area contributed by atoms with E-state index in [4.69, 9.17) is 18.9 Å². The number of allylic oxidation sites excluding steroid dienone is 2. The van der Waals surface area contributed by atoms with Crippen molar-refractivity contribution in [2.45, 2.75) is 485 Å². The highest BCUT2D eigenvalue weighted by Crippen LogP contribution is 2.31. The second-order valence-corrected chi connectivity index (χ2v) is 30.0. The van der Waals surface area contributed by atoms with Gasteiger partial charge in [-0.15, -0.1) is 0 Å². The molecule has 1 amide bonds. The third-order valence-corrected chi connectivity index (χ3v) is 21.0. The van der Waals surface area contributed by atoms with Gasteiger partial charge in [-0.2, -0.15) is 0 Å². The van der Waals surface area contributed by atoms with E-state index in [1.54, 1.807) is 0 Å². The van der Waals surface area contributed by atoms with Crippen LogP contribution in [0.2, 0.25) is 0 Å². The number of carbonyl (C=O) groups is 1. The monoisotopic (exact) mass is 1370 g/mol. The molecule has 12 atom stereocenters. The van der Waals surface area contributed by atoms with E-state index in [0.29, 0.717) is 12.8 Å². The molecule has 0 aromatic carbocycles. The summed E-state index contributed by atoms with van der Waals surface area (Å²) < 4.78 is 23.0. The van der Waals surface area contributed by atoms with Gasteiger partial charge in [0.15, 0.2) is 12.6 Å². The molecule has 2 rings (SSSR count). The molecule has 2 aliphatic rings. The number of aliphatic hydroxyl groups is 8. The van der Waals surface area contributed by atoms with E-state index in [-0.39, 0.29) is 12.5 Å². The average Bonchev–Trinajstić information content (AvgIpc) is 0.797. The molecule has 2 saturated heterocycles. The molecule has 0 bridgehead atoms. The first-order valence-electron chi connectivity index (χ1n) is 41.9. The van der Waals surface area contributed by atoms with Crippen LogP contribution in [-0.2, 0) is 23.7 Å². The van der Waals surface area contributed by atoms with Gasteiger partial charge in [-0.05, 0) is 38.5 Å². The summed E-state index contributed by atoms with van der Waals surface area (Å²) in [4.78, 5) is 13.4. The van der Waals surface area contributed by atoms with Gasteiger partial charge in [-0.25, -0.2) is 0 Å². The van der Waals surface area contributed by atoms with Crippen LogP contribution < -0.4 is 5.32 Å². The maximum Gasteiger partial charge on any atom is 0.220 e. The van der Waals surface area contributed by atoms with E-state index in [1.807, 2.05) is 0 Å². The molecule has 9 N–H and O–H groups in total. The first-order valence-corrected chi connectivity index (χ1v) is 41.9. The van der Waals surface area contributed by atoms with Gasteiger partial charge in [-0.3, -0.25) is 4.79 Å². The van der Waals surface area contributed by atoms with Gasteiger partial charge >= 0.3 is 0 Å². The zero-order valence-electron chi connectivity index (χ0n) is 62.7. The Morgan fingerprint density at radius 1 is 0.365 bits per heavy atom. The van der Waals surface area contributed by atoms with Crippen molar-refractivity contribution >= 4 is 5.91 Å². The number of amides is 1. The molecular weight excluding hydrogens is 1210 g/mol. The predicted molar refractivity (Wildman–Crippen MR) is 397 cm³/mol. The van der Waals surface area contributed by atoms with E-state index < -0.39 is 86.8 Å². The fourth-order valence-corrected chi connectivity index (χ4v) is 14.4. The highest BCUT2D eigenvalue weighted by atomic mass is 16.7. The Balaban J connectivity index is 1.58. The van der Waals surface area contributed by atoms with Crippen LogP contribution in [0.5, 0.6) is 0 Å². The van der Waals surface area contributed by atoms with Crippen molar-refractivity contribution in [1.82, 2.24) is 5.32 Å². The van der Waals surface area contributed by atoms with Crippen LogP contribution in [0.15, 0.2) is 12.2 Å². The fraction of sp³-hybridized carbons (Fsp3) is 0.963. The van der Waals surface area contributed by atoms with Crippen LogP contribution in [0.25, 0.3) is 0 Å². The van der Waals surface area contributed by atoms with Crippen molar-refractivity contribution in [3.8, 4) is 0 Å². The smallest absolute Gasteiger partial charge is 0.220 e. The lowest BCUT2D eigenvalue weighted by Gasteiger charge is -2.46. The van der Waals surface area contributed by atoms with E-state index in [9.17, 15) is 45.6 Å². The number of ether oxygens (including phenoxy) is 4. The van der Waals surface area contributed by atoms with Crippen LogP contribution in [-0.4, -0.2) is 140 Å². The van der Waals surface area contributed by atoms with Crippen LogP contribution in [0, 0.1) is 0 Å². The van der Waals surface area contributed by atoms with Crippen LogP contribution in [0.4, 0.5) is 0 Å². The molecule has 0 aliphatic carbocycles. The van der Waals surface area contributed by atoms with Crippen molar-refractivity contribution in [3.63, 3.8) is 0 Å². The summed E-state index contributed by atoms with van der Waals surface area (Å²) in [7, 11) is 0. The Morgan fingerprint density at radius 3 is 0.990 bits per heavy atom. The average molecular weight is 1370 g/mol. The van der Waals surface area contributed by atoms with Gasteiger partial charge < -0.3 is 65.1 Å². The molecule has 0 aromatic rings. The highest BCUT2D eigenvalue weighted by molar-refractivity contribution is 5.76. The molecule has 14 heteroatoms. The second-order valence-electron chi connectivity index (χ2n) is 30.0. The maximum atomic E-state index is 13.4. The van der Waals surface area contributed by atoms with Gasteiger partial charge in [0.25, 0.3) is 0 Å². The molecule has 96 heavy (non-hydrogen) atoms. The fourth-order valence-electron chi connectivity index (χ4n) is 14.4. The number of rotatable bonds is 72. The SMILES string of the molecule is CCCCCCCCCC/C=C\CCCCCCCCCCCCCCCCCCCCCCCCCC(=O)NC(COC1OC(CO)C(OC2OC(CO)C(O)C(O)C2O)C(O)C1O)C(O)CCCCCCCCCCCCCCCCCCCCCCCCCCCCC. The molecule has 0 saturated carbocycles. The quantitative estimate of drug-likeness (QED) is 0.0204. The van der Waals surface area contributed by atoms with Crippen molar-refractivity contribution in [2.75, 3.05) is 19.8 Å². The summed E-state index contributed by atoms with van der Waals surface area (Å²) in [5.74, 6) is -0.196. The molecule has 0 aromatic heterocycles. The molecule has 0 spiro atoms. The Morgan fingerprint density at radius 2 is 0.656 bits per heavy atom. The summed E-state index contributed by atoms with van der Waals surface area (Å²) in [6, 6.07) is -0.827. The lowest BCUT2D eigenvalue weighted by Crippen LogP contribution is -2.65. The van der Waals surface area contributed by atoms with Crippen molar-refractivity contribution in [2.24, 2.45) is 0 Å². The number of hydrogen-bond donors (Lipinski definition) is 9. The van der Waals surface area contributed by atoms with E-state index in [0.717, 1.165) is 51.4 Å². The number of unbranched alkanes of at least 4 members (excludes halogenated alkanes) is 57. The van der Waals surface area contributed by atoms with Gasteiger partial charge in [0.2, 0.25) is 5.91 Å². The van der Waals surface area contributed by atoms with Gasteiger partial charge in [0, 0.05) is 6.42 Å². The normalized spacial score (nSPS) is 22.2. The second kappa shape index (κ2) is 66.9. The predicted octanol–water partition coefficient (Wildman–Crippen LogP) is 19.3. The summed E-state index contributed by atoms with van der Waals surface area (Å²) in [5.41, 5.74) is 0. The Hall–Kier alpha value is -1.27. The Bertz CT molecular complexity index is 1660. The van der Waals surface area contributed by atoms with E-state index in [2.05, 4.69) is 31.3 Å². The largest absolute Gasteiger partial charge is 0.394 e. The maximum absolute atomic E-state index is 13.4. The van der Waals surface area contributed by atoms with E-state index >= 15 is 0 Å². The molecule has 2 aliphatic heterocycles. The standard InChI is InChI=1S/C82H159NO13/c1-3-5-7-9-11-13-15-17-19-21-23-25-27-29-31-32-33-34-35-36-37-38-40-42-44-46-48-50-52-54-56-58-60-62-64-66-74(87)83-70(69-93-81-79(92)77(90)80(73(68-85)95-81)96-82-78(91)76(89)75(88)72(67-84)94-82)71(86)65-63-61-59-57-55-53-51-49-47-45-43-41-39-30-28-26-24-22-20-18-16-14-12-10-8-6-4-2/h21,23,70-73,75-82,84-86,88-92H,3-20,22,24-69H2,1-2H3,(H,83,87)/b23-21-. The first-order chi connectivity index (χ1) is 47.1. The van der Waals surface area contributed by atoms with E-state index in [1.165, 1.54) is 334 Å². The minimum Gasteiger partial charge on any atom is -0.394 e. The van der Waals surface area contributed by atoms with Crippen molar-refractivity contribution in [3.05, 3.63) is 12.2 Å². The summed E-state index contributed by atoms with van der Waals surface area (Å²) in [5, 5.41) is 87.9. The number of carbonyl (C=O) groups excluding carboxylic acids is 1. The molecule has 14 nitrogen and oxygen atoms in total. The molecule has 2 fully saturated rings. The molecule has 2 heterocycles. The molecule has 570 valence electrons. The lowest BCUT2D eigenvalue weighted by atomic mass is 9.97. The topological polar surface area (TPSA) is 228 Å². The van der Waals surface area contributed by atoms with Crippen molar-refractivity contribution < 1.29 is 64.6 Å². The lowest BCUT2D eigenvalue weighted by molar-refractivity contribution is -0.359. The third-order valence-electron chi connectivity index (χ3n) is 21.0. The summed E-state index contributed by atoms with van der Waals surface area (Å²) in [6.45, 7) is 2.94. The summed E-state index contributed by atoms with van der Waals surface area (Å²) in [6.07, 6.45) is 68.4. The minimum atomic E-state index is -1.78. The number of aliphatic hydroxyl groups excluding tert-OH is 8. The van der Waals surface area contributed by atoms with Gasteiger partial charge in [0.1, 0.15) is 48.8 Å². The zero-order valence-corrected chi connectivity index (χ0v) is 62.7. The first kappa shape index (κ1) is 90.8. The summed E-state index contributed by atoms with van der Waals surface area (Å²) >= 11 is 0. The van der Waals surface area contributed by atoms with Crippen LogP contribution in [0.3, 0.4) is 0 Å². The van der Waals surface area contributed by atoms with Crippen LogP contribution in [0.1, 0.15) is 412 Å². The Kier molecular flexibility index (Phi) is 63.3. The van der Waals surface area contributed by atoms with Crippen molar-refractivity contribution in [1.29, 1.82) is 0 Å². The highest BCUT2D eigenvalue weighted by Gasteiger charge is 2.51. The third kappa shape index (κ3) is 49.4. The zero-order chi connectivity index (χ0) is 69.4. The number of hydrogen-bond acceptors (Lipinski definition) is 13. The minimum absolute atomic E-state index is 0.196. The number of nitrogens with one attached hydrogen (secondary N) is 1.